The van der Waals surface area contributed by atoms with Crippen molar-refractivity contribution >= 4 is 57.9 Å². The number of thiazole rings is 1. The number of fused-ring (bicyclic) bond motifs is 1. The Hall–Kier alpha value is -3.21. The highest BCUT2D eigenvalue weighted by molar-refractivity contribution is 7.23. The smallest absolute Gasteiger partial charge is 0.321 e. The highest BCUT2D eigenvalue weighted by atomic mass is 32.1. The van der Waals surface area contributed by atoms with E-state index in [0.717, 1.165) is 26.8 Å². The highest BCUT2D eigenvalue weighted by Gasteiger charge is 2.38. The van der Waals surface area contributed by atoms with E-state index in [0.29, 0.717) is 50.2 Å². The van der Waals surface area contributed by atoms with Crippen LogP contribution >= 0.6 is 11.3 Å². The van der Waals surface area contributed by atoms with E-state index in [-0.39, 0.29) is 12.0 Å². The molecule has 34 heavy (non-hydrogen) atoms. The molecule has 0 bridgehead atoms. The number of rotatable bonds is 6. The Bertz CT molecular complexity index is 1190. The summed E-state index contributed by atoms with van der Waals surface area (Å²) in [6.07, 6.45) is 5.07. The van der Waals surface area contributed by atoms with Crippen molar-refractivity contribution in [3.8, 4) is 11.1 Å². The Morgan fingerprint density at radius 2 is 1.88 bits per heavy atom. The summed E-state index contributed by atoms with van der Waals surface area (Å²) >= 11 is 1.45. The van der Waals surface area contributed by atoms with Crippen molar-refractivity contribution in [3.05, 3.63) is 24.5 Å². The number of nitrogens with one attached hydrogen (secondary N) is 2. The van der Waals surface area contributed by atoms with Crippen LogP contribution in [0.15, 0.2) is 24.5 Å². The molecule has 3 heterocycles. The van der Waals surface area contributed by atoms with Crippen LogP contribution in [0.4, 0.5) is 15.9 Å². The first-order chi connectivity index (χ1) is 16.3. The topological polar surface area (TPSA) is 109 Å². The van der Waals surface area contributed by atoms with Crippen molar-refractivity contribution in [2.45, 2.75) is 33.6 Å². The lowest BCUT2D eigenvalue weighted by molar-refractivity contribution is -0.155. The van der Waals surface area contributed by atoms with E-state index in [1.165, 1.54) is 11.3 Å². The number of benzene rings is 1. The second-order valence-electron chi connectivity index (χ2n) is 8.68. The van der Waals surface area contributed by atoms with E-state index in [1.54, 1.807) is 0 Å². The quantitative estimate of drug-likeness (QED) is 0.412. The number of aromatic nitrogens is 3. The Morgan fingerprint density at radius 3 is 2.53 bits per heavy atom. The number of ether oxygens (including phenoxy) is 1. The second-order valence-corrected chi connectivity index (χ2v) is 9.68. The first kappa shape index (κ1) is 23.9. The molecule has 0 unspecified atom stereocenters. The van der Waals surface area contributed by atoms with E-state index in [9.17, 15) is 9.59 Å². The minimum atomic E-state index is -0.447. The van der Waals surface area contributed by atoms with Crippen LogP contribution in [0.5, 0.6) is 0 Å². The predicted octanol–water partition coefficient (Wildman–Crippen LogP) is 2.32. The fourth-order valence-electron chi connectivity index (χ4n) is 4.07. The highest BCUT2D eigenvalue weighted by Crippen LogP contribution is 2.34. The van der Waals surface area contributed by atoms with Gasteiger partial charge >= 0.3 is 12.0 Å². The number of nitrogens with zero attached hydrogens (tertiary/aromatic N) is 4. The molecule has 0 radical (unpaired) electrons. The van der Waals surface area contributed by atoms with E-state index < -0.39 is 5.41 Å². The van der Waals surface area contributed by atoms with Gasteiger partial charge in [-0.3, -0.25) is 10.1 Å². The van der Waals surface area contributed by atoms with Crippen LogP contribution < -0.4 is 21.0 Å². The Labute approximate surface area is 203 Å². The average Bonchev–Trinajstić information content (AvgIpc) is 3.23. The van der Waals surface area contributed by atoms with Crippen LogP contribution in [0.1, 0.15) is 33.6 Å². The largest absolute Gasteiger partial charge is 0.466 e. The molecule has 0 spiro atoms. The number of amides is 2. The fraction of sp³-hybridized carbons (Fsp3) is 0.435. The molecule has 1 saturated heterocycles. The third-order valence-electron chi connectivity index (χ3n) is 6.12. The number of hydrogen-bond donors (Lipinski definition) is 2. The van der Waals surface area contributed by atoms with Gasteiger partial charge in [0.05, 0.1) is 22.2 Å². The molecule has 9 nitrogen and oxygen atoms in total. The molecule has 0 aliphatic carbocycles. The normalized spacial score (nSPS) is 15.2. The number of anilines is 2. The van der Waals surface area contributed by atoms with Crippen LogP contribution in [-0.2, 0) is 9.53 Å². The minimum absolute atomic E-state index is 0.122. The maximum atomic E-state index is 12.3. The summed E-state index contributed by atoms with van der Waals surface area (Å²) in [5.41, 5.74) is 3.32. The zero-order valence-corrected chi connectivity index (χ0v) is 20.8. The SMILES string of the molecule is Bc1cc(-c2cnc(N3CCC(C)(C(=O)OCC)CC3)nc2)cc2nc(NC(=O)NCC)sc12. The second kappa shape index (κ2) is 9.96. The lowest BCUT2D eigenvalue weighted by atomic mass is 9.80. The van der Waals surface area contributed by atoms with Crippen LogP contribution in [0, 0.1) is 5.41 Å². The van der Waals surface area contributed by atoms with Crippen molar-refractivity contribution in [2.75, 3.05) is 36.5 Å². The molecular weight excluding hydrogens is 451 g/mol. The maximum absolute atomic E-state index is 12.3. The van der Waals surface area contributed by atoms with Gasteiger partial charge in [0.15, 0.2) is 5.13 Å². The number of urea groups is 1. The third kappa shape index (κ3) is 4.99. The van der Waals surface area contributed by atoms with Crippen LogP contribution in [0.3, 0.4) is 0 Å². The molecule has 3 aromatic rings. The minimum Gasteiger partial charge on any atom is -0.466 e. The van der Waals surface area contributed by atoms with Crippen LogP contribution in [0.2, 0.25) is 0 Å². The first-order valence-electron chi connectivity index (χ1n) is 11.5. The fourth-order valence-corrected chi connectivity index (χ4v) is 4.98. The van der Waals surface area contributed by atoms with E-state index >= 15 is 0 Å². The average molecular weight is 480 g/mol. The molecule has 2 N–H and O–H groups in total. The predicted molar refractivity (Wildman–Crippen MR) is 138 cm³/mol. The van der Waals surface area contributed by atoms with Crippen molar-refractivity contribution in [2.24, 2.45) is 5.41 Å². The standard InChI is InChI=1S/C23H29BN6O3S/c1-4-25-21(32)29-22-28-17-11-14(10-16(24)18(17)34-22)15-12-26-20(27-13-15)30-8-6-23(3,7-9-30)19(31)33-5-2/h10-13H,4-9,24H2,1-3H3,(H2,25,28,29,32). The van der Waals surface area contributed by atoms with E-state index in [1.807, 2.05) is 47.1 Å². The Kier molecular flexibility index (Phi) is 7.01. The molecule has 2 amide bonds. The summed E-state index contributed by atoms with van der Waals surface area (Å²) in [4.78, 5) is 40.0. The van der Waals surface area contributed by atoms with Gasteiger partial charge in [0, 0.05) is 37.6 Å². The summed E-state index contributed by atoms with van der Waals surface area (Å²) in [5, 5.41) is 6.05. The molecule has 2 aromatic heterocycles. The lowest BCUT2D eigenvalue weighted by Gasteiger charge is -2.37. The van der Waals surface area contributed by atoms with Gasteiger partial charge in [0.1, 0.15) is 7.85 Å². The molecule has 1 fully saturated rings. The number of carbonyl (C=O) groups excluding carboxylic acids is 2. The maximum Gasteiger partial charge on any atom is 0.321 e. The number of hydrogen-bond acceptors (Lipinski definition) is 8. The van der Waals surface area contributed by atoms with Gasteiger partial charge in [0.25, 0.3) is 0 Å². The van der Waals surface area contributed by atoms with Crippen LogP contribution in [0.25, 0.3) is 21.3 Å². The molecule has 4 rings (SSSR count). The molecule has 11 heteroatoms. The molecule has 0 saturated carbocycles. The number of esters is 1. The molecule has 1 aromatic carbocycles. The number of piperidine rings is 1. The van der Waals surface area contributed by atoms with Crippen molar-refractivity contribution in [1.29, 1.82) is 0 Å². The molecule has 1 aliphatic heterocycles. The van der Waals surface area contributed by atoms with Gasteiger partial charge < -0.3 is 15.0 Å². The molecule has 1 aliphatic rings. The van der Waals surface area contributed by atoms with E-state index in [4.69, 9.17) is 4.74 Å². The summed E-state index contributed by atoms with van der Waals surface area (Å²) < 4.78 is 6.28. The summed E-state index contributed by atoms with van der Waals surface area (Å²) in [6.45, 7) is 8.05. The van der Waals surface area contributed by atoms with Gasteiger partial charge in [0.2, 0.25) is 5.95 Å². The first-order valence-corrected chi connectivity index (χ1v) is 12.3. The number of carbonyl (C=O) groups is 2. The van der Waals surface area contributed by atoms with E-state index in [2.05, 4.69) is 36.6 Å². The van der Waals surface area contributed by atoms with Crippen LogP contribution in [-0.4, -0.2) is 61.0 Å². The van der Waals surface area contributed by atoms with Gasteiger partial charge in [-0.15, -0.1) is 0 Å². The monoisotopic (exact) mass is 480 g/mol. The summed E-state index contributed by atoms with van der Waals surface area (Å²) in [7, 11) is 2.03. The van der Waals surface area contributed by atoms with Gasteiger partial charge in [-0.2, -0.15) is 0 Å². The molecule has 0 atom stereocenters. The third-order valence-corrected chi connectivity index (χ3v) is 7.25. The zero-order chi connectivity index (χ0) is 24.3. The van der Waals surface area contributed by atoms with Crippen molar-refractivity contribution in [1.82, 2.24) is 20.3 Å². The Balaban J connectivity index is 1.48. The van der Waals surface area contributed by atoms with Gasteiger partial charge in [-0.05, 0) is 45.2 Å². The molecular formula is C23H29BN6O3S. The van der Waals surface area contributed by atoms with Crippen molar-refractivity contribution < 1.29 is 14.3 Å². The zero-order valence-electron chi connectivity index (χ0n) is 20.0. The Morgan fingerprint density at radius 1 is 1.18 bits per heavy atom. The van der Waals surface area contributed by atoms with Crippen molar-refractivity contribution in [3.63, 3.8) is 0 Å². The summed E-state index contributed by atoms with van der Waals surface area (Å²) in [5.74, 6) is 0.539. The van der Waals surface area contributed by atoms with Gasteiger partial charge in [-0.1, -0.05) is 22.9 Å². The molecule has 178 valence electrons. The van der Waals surface area contributed by atoms with Gasteiger partial charge in [-0.25, -0.2) is 19.7 Å². The summed E-state index contributed by atoms with van der Waals surface area (Å²) in [6, 6.07) is 3.82. The lowest BCUT2D eigenvalue weighted by Crippen LogP contribution is -2.44.